The molecule has 3 aromatic carbocycles. The maximum absolute atomic E-state index is 16.1. The van der Waals surface area contributed by atoms with Gasteiger partial charge in [0.1, 0.15) is 29.7 Å². The molecule has 4 aliphatic heterocycles. The van der Waals surface area contributed by atoms with E-state index in [1.54, 1.807) is 23.6 Å². The molecule has 23 heteroatoms. The van der Waals surface area contributed by atoms with Crippen molar-refractivity contribution >= 4 is 67.5 Å². The number of aromatic amines is 1. The van der Waals surface area contributed by atoms with Crippen molar-refractivity contribution in [2.75, 3.05) is 88.2 Å². The highest BCUT2D eigenvalue weighted by molar-refractivity contribution is 7.90. The van der Waals surface area contributed by atoms with Crippen LogP contribution in [0.1, 0.15) is 73.6 Å². The smallest absolute Gasteiger partial charge is 0.304 e. The Morgan fingerprint density at radius 1 is 0.878 bits per heavy atom. The Kier molecular flexibility index (Phi) is 17.3. The van der Waals surface area contributed by atoms with Crippen molar-refractivity contribution in [1.29, 1.82) is 0 Å². The molecule has 0 aliphatic carbocycles. The number of nitrogens with one attached hydrogen (secondary N) is 3. The highest BCUT2D eigenvalue weighted by atomic mass is 32.2. The predicted octanol–water partition coefficient (Wildman–Crippen LogP) is 6.54. The van der Waals surface area contributed by atoms with Crippen molar-refractivity contribution in [2.45, 2.75) is 84.3 Å². The Morgan fingerprint density at radius 3 is 2.24 bits per heavy atom. The zero-order valence-corrected chi connectivity index (χ0v) is 48.3. The zero-order chi connectivity index (χ0) is 58.2. The number of rotatable bonds is 17. The summed E-state index contributed by atoms with van der Waals surface area (Å²) in [4.78, 5) is 76.6. The first-order valence-corrected chi connectivity index (χ1v) is 30.1. The molecule has 18 nitrogen and oxygen atoms in total. The fourth-order valence-electron chi connectivity index (χ4n) is 11.6. The van der Waals surface area contributed by atoms with Gasteiger partial charge in [-0.05, 0) is 97.6 Å². The summed E-state index contributed by atoms with van der Waals surface area (Å²) in [6.07, 6.45) is 2.71. The summed E-state index contributed by atoms with van der Waals surface area (Å²) in [5, 5.41) is 17.0. The monoisotopic (exact) mass is 1170 g/mol. The second-order valence-electron chi connectivity index (χ2n) is 23.1. The van der Waals surface area contributed by atoms with Crippen LogP contribution < -0.4 is 19.8 Å². The highest BCUT2D eigenvalue weighted by Gasteiger charge is 2.45. The Bertz CT molecular complexity index is 3430. The number of pyridine rings is 1. The van der Waals surface area contributed by atoms with E-state index in [-0.39, 0.29) is 62.9 Å². The molecule has 0 radical (unpaired) electrons. The van der Waals surface area contributed by atoms with Crippen molar-refractivity contribution in [3.05, 3.63) is 119 Å². The number of aliphatic hydroxyl groups is 1. The molecule has 0 spiro atoms. The Balaban J connectivity index is 0.682. The lowest BCUT2D eigenvalue weighted by Crippen LogP contribution is -2.59. The number of benzene rings is 3. The maximum Gasteiger partial charge on any atom is 0.304 e. The van der Waals surface area contributed by atoms with E-state index >= 15 is 8.78 Å². The highest BCUT2D eigenvalue weighted by Crippen LogP contribution is 2.34. The summed E-state index contributed by atoms with van der Waals surface area (Å²) in [5.41, 5.74) is 5.35. The number of aromatic nitrogens is 3. The van der Waals surface area contributed by atoms with Crippen LogP contribution in [0.15, 0.2) is 84.6 Å². The number of ketones is 1. The maximum atomic E-state index is 16.1. The van der Waals surface area contributed by atoms with Crippen molar-refractivity contribution in [2.24, 2.45) is 11.3 Å². The number of nitrogens with zero attached hydrogens (tertiary/aromatic N) is 8. The number of anilines is 2. The molecule has 82 heavy (non-hydrogen) atoms. The molecule has 4 atom stereocenters. The minimum Gasteiger partial charge on any atom is -0.391 e. The lowest BCUT2D eigenvalue weighted by Gasteiger charge is -2.40. The van der Waals surface area contributed by atoms with E-state index in [0.717, 1.165) is 115 Å². The molecule has 4 fully saturated rings. The van der Waals surface area contributed by atoms with Gasteiger partial charge in [-0.1, -0.05) is 57.2 Å². The predicted molar refractivity (Wildman–Crippen MR) is 309 cm³/mol. The van der Waals surface area contributed by atoms with Crippen LogP contribution >= 0.6 is 11.3 Å². The van der Waals surface area contributed by atoms with Crippen molar-refractivity contribution in [3.63, 3.8) is 0 Å². The van der Waals surface area contributed by atoms with Crippen molar-refractivity contribution in [1.82, 2.24) is 44.6 Å². The van der Waals surface area contributed by atoms with Gasteiger partial charge in [0.15, 0.2) is 5.82 Å². The average Bonchev–Trinajstić information content (AvgIpc) is 4.47. The second-order valence-corrected chi connectivity index (χ2v) is 25.9. The topological polar surface area (TPSA) is 208 Å². The Morgan fingerprint density at radius 2 is 1.59 bits per heavy atom. The van der Waals surface area contributed by atoms with Crippen LogP contribution in [-0.4, -0.2) is 174 Å². The van der Waals surface area contributed by atoms with E-state index in [1.165, 1.54) is 11.1 Å². The number of piperidine rings is 1. The third-order valence-corrected chi connectivity index (χ3v) is 19.3. The first kappa shape index (κ1) is 58.4. The lowest BCUT2D eigenvalue weighted by atomic mass is 9.85. The first-order valence-electron chi connectivity index (χ1n) is 27.9. The van der Waals surface area contributed by atoms with Crippen LogP contribution in [0.4, 0.5) is 24.5 Å². The number of carbonyl (C=O) groups excluding carboxylic acids is 4. The quantitative estimate of drug-likeness (QED) is 0.0719. The summed E-state index contributed by atoms with van der Waals surface area (Å²) in [6, 6.07) is 17.6. The largest absolute Gasteiger partial charge is 0.391 e. The van der Waals surface area contributed by atoms with Gasteiger partial charge in [0.25, 0.3) is 0 Å². The molecule has 4 saturated heterocycles. The number of likely N-dealkylation sites (tertiary alicyclic amines) is 2. The number of hydrogen-bond acceptors (Lipinski definition) is 13. The molecule has 436 valence electrons. The molecule has 0 bridgehead atoms. The van der Waals surface area contributed by atoms with Crippen LogP contribution in [0.3, 0.4) is 0 Å². The number of piperazine rings is 1. The molecular weight excluding hydrogens is 1100 g/mol. The minimum absolute atomic E-state index is 0.000147. The summed E-state index contributed by atoms with van der Waals surface area (Å²) in [7, 11) is -3.29. The number of hydrogen-bond donors (Lipinski definition) is 4. The normalized spacial score (nSPS) is 20.1. The minimum atomic E-state index is -4.37. The van der Waals surface area contributed by atoms with Gasteiger partial charge in [-0.25, -0.2) is 23.1 Å². The van der Waals surface area contributed by atoms with Gasteiger partial charge in [0, 0.05) is 107 Å². The number of halogens is 3. The van der Waals surface area contributed by atoms with Gasteiger partial charge < -0.3 is 30.5 Å². The van der Waals surface area contributed by atoms with Gasteiger partial charge in [-0.2, -0.15) is 12.7 Å². The molecule has 10 rings (SSSR count). The third kappa shape index (κ3) is 12.6. The van der Waals surface area contributed by atoms with E-state index in [2.05, 4.69) is 40.3 Å². The number of amides is 3. The number of fused-ring (bicyclic) bond motifs is 1. The van der Waals surface area contributed by atoms with Crippen LogP contribution in [0, 0.1) is 29.9 Å². The summed E-state index contributed by atoms with van der Waals surface area (Å²) in [5.74, 6) is -4.07. The first-order chi connectivity index (χ1) is 39.1. The fourth-order valence-corrected chi connectivity index (χ4v) is 13.8. The molecule has 0 saturated carbocycles. The van der Waals surface area contributed by atoms with Gasteiger partial charge in [-0.15, -0.1) is 11.3 Å². The summed E-state index contributed by atoms with van der Waals surface area (Å²) < 4.78 is 73.3. The molecular formula is C59H70F3N11O7S2. The molecule has 6 aromatic rings. The molecule has 4 aliphatic rings. The van der Waals surface area contributed by atoms with E-state index < -0.39 is 74.6 Å². The van der Waals surface area contributed by atoms with E-state index in [4.69, 9.17) is 0 Å². The number of alkyl halides is 1. The van der Waals surface area contributed by atoms with Crippen molar-refractivity contribution < 1.29 is 45.9 Å². The Hall–Kier alpha value is -6.76. The van der Waals surface area contributed by atoms with Gasteiger partial charge in [0.2, 0.25) is 23.5 Å². The second kappa shape index (κ2) is 24.2. The lowest BCUT2D eigenvalue weighted by molar-refractivity contribution is -0.144. The summed E-state index contributed by atoms with van der Waals surface area (Å²) >= 11 is 1.57. The average molecular weight is 1170 g/mol. The van der Waals surface area contributed by atoms with Gasteiger partial charge in [-0.3, -0.25) is 33.3 Å². The van der Waals surface area contributed by atoms with Crippen LogP contribution in [0.5, 0.6) is 0 Å². The van der Waals surface area contributed by atoms with E-state index in [0.29, 0.717) is 26.8 Å². The SMILES string of the molecule is Cc1ncsc1-c1ccc(CNC(=O)[C@@H]2C[C@@H](O)CN2C(=O)C(NC(=O)CN2CCC(CN3CCN(c4ccc(-c5cnc6[nH]cc(C(=O)c7c(F)ccc(N(C)S(=O)(=O)N8CC[C@@H](F)C8)c7F)c6c5)cc4)CC3)CC2)C(C)(C)C)cc1. The number of carbonyl (C=O) groups is 4. The van der Waals surface area contributed by atoms with Crippen LogP contribution in [0.2, 0.25) is 0 Å². The Labute approximate surface area is 479 Å². The molecule has 4 N–H and O–H groups in total. The van der Waals surface area contributed by atoms with E-state index in [9.17, 15) is 37.1 Å². The number of H-pyrrole nitrogens is 1. The van der Waals surface area contributed by atoms with Gasteiger partial charge >= 0.3 is 10.2 Å². The number of aryl methyl sites for hydroxylation is 1. The standard InChI is InChI=1S/C59H70F3N11O7S2/c1-36-54(81-35-66-36)40-8-6-37(7-9-40)28-65-57(77)49-27-44(74)33-73(49)58(78)55(59(2,3)4)67-50(75)34-69-19-16-38(17-20-69)31-70-22-24-71(25-23-70)43-12-10-39(11-13-43)41-26-45-46(30-64-56(45)63-29-41)53(76)51-47(61)14-15-48(52(51)62)68(5)82(79,80)72-21-18-42(60)32-72/h6-15,26,29-30,35,38,42,44,49,55,74H,16-25,27-28,31-34H2,1-5H3,(H,63,64)(H,65,77)(H,67,75)/t42-,44-,49+,55?/m1/s1. The zero-order valence-electron chi connectivity index (χ0n) is 46.7. The van der Waals surface area contributed by atoms with Crippen LogP contribution in [0.25, 0.3) is 32.6 Å². The molecule has 7 heterocycles. The fraction of sp³-hybridized carbons (Fsp3) is 0.458. The molecule has 3 aromatic heterocycles. The molecule has 1 unspecified atom stereocenters. The number of aliphatic hydroxyl groups excluding tert-OH is 1. The summed E-state index contributed by atoms with van der Waals surface area (Å²) in [6.45, 7) is 13.4. The van der Waals surface area contributed by atoms with Crippen LogP contribution in [-0.2, 0) is 31.1 Å². The third-order valence-electron chi connectivity index (χ3n) is 16.4. The number of β-amino-alcohol motifs (C(OH)–C–C–N with tert-alkyl or cyclic N) is 1. The van der Waals surface area contributed by atoms with E-state index in [1.807, 2.05) is 81.7 Å². The van der Waals surface area contributed by atoms with Gasteiger partial charge in [0.05, 0.1) is 40.0 Å². The number of thiazole rings is 1. The molecule has 3 amide bonds. The van der Waals surface area contributed by atoms with Crippen molar-refractivity contribution in [3.8, 4) is 21.6 Å².